The molecule has 0 amide bonds. The Balaban J connectivity index is 2.59. The molecule has 1 aliphatic heterocycles. The maximum absolute atomic E-state index is 11.7. The van der Waals surface area contributed by atoms with E-state index in [1.54, 1.807) is 12.1 Å². The van der Waals surface area contributed by atoms with E-state index in [0.29, 0.717) is 21.5 Å². The first kappa shape index (κ1) is 23.7. The zero-order chi connectivity index (χ0) is 22.4. The Morgan fingerprint density at radius 1 is 1.03 bits per heavy atom. The van der Waals surface area contributed by atoms with Gasteiger partial charge < -0.3 is 28.4 Å². The summed E-state index contributed by atoms with van der Waals surface area (Å²) in [6.45, 7) is 3.43. The summed E-state index contributed by atoms with van der Waals surface area (Å²) in [4.78, 5) is 34.6. The van der Waals surface area contributed by atoms with Crippen LogP contribution in [0.2, 0.25) is 0 Å². The van der Waals surface area contributed by atoms with Gasteiger partial charge in [0, 0.05) is 20.8 Å². The molecule has 9 nitrogen and oxygen atoms in total. The second-order valence-corrected chi connectivity index (χ2v) is 7.14. The molecular formula is C20H23BrO9. The van der Waals surface area contributed by atoms with Gasteiger partial charge in [0.05, 0.1) is 24.3 Å². The molecule has 0 aromatic heterocycles. The van der Waals surface area contributed by atoms with E-state index >= 15 is 0 Å². The number of ether oxygens (including phenoxy) is 6. The number of hydrogen-bond acceptors (Lipinski definition) is 9. The highest BCUT2D eigenvalue weighted by Crippen LogP contribution is 2.44. The fourth-order valence-electron chi connectivity index (χ4n) is 2.98. The first-order valence-electron chi connectivity index (χ1n) is 8.94. The third kappa shape index (κ3) is 5.73. The predicted molar refractivity (Wildman–Crippen MR) is 107 cm³/mol. The predicted octanol–water partition coefficient (Wildman–Crippen LogP) is 2.85. The summed E-state index contributed by atoms with van der Waals surface area (Å²) in [7, 11) is 2.98. The van der Waals surface area contributed by atoms with Gasteiger partial charge in [-0.25, -0.2) is 0 Å². The Kier molecular flexibility index (Phi) is 8.24. The first-order valence-corrected chi connectivity index (χ1v) is 9.73. The molecular weight excluding hydrogens is 464 g/mol. The highest BCUT2D eigenvalue weighted by atomic mass is 79.9. The summed E-state index contributed by atoms with van der Waals surface area (Å²) < 4.78 is 33.3. The van der Waals surface area contributed by atoms with Crippen molar-refractivity contribution in [2.75, 3.05) is 20.8 Å². The average Bonchev–Trinajstić information content (AvgIpc) is 2.66. The Labute approximate surface area is 182 Å². The second kappa shape index (κ2) is 10.4. The third-order valence-corrected chi connectivity index (χ3v) is 4.70. The highest BCUT2D eigenvalue weighted by Gasteiger charge is 2.40. The molecule has 1 aromatic rings. The van der Waals surface area contributed by atoms with E-state index in [-0.39, 0.29) is 12.4 Å². The lowest BCUT2D eigenvalue weighted by atomic mass is 9.99. The average molecular weight is 487 g/mol. The van der Waals surface area contributed by atoms with E-state index in [4.69, 9.17) is 28.4 Å². The number of carbonyl (C=O) groups excluding carboxylic acids is 3. The topological polar surface area (TPSA) is 107 Å². The van der Waals surface area contributed by atoms with E-state index in [9.17, 15) is 14.4 Å². The molecule has 0 radical (unpaired) electrons. The van der Waals surface area contributed by atoms with Crippen molar-refractivity contribution in [3.8, 4) is 11.5 Å². The zero-order valence-corrected chi connectivity index (χ0v) is 18.8. The van der Waals surface area contributed by atoms with Crippen LogP contribution < -0.4 is 9.47 Å². The van der Waals surface area contributed by atoms with Crippen molar-refractivity contribution < 1.29 is 42.8 Å². The normalized spacial score (nSPS) is 20.6. The lowest BCUT2D eigenvalue weighted by Crippen LogP contribution is -2.43. The molecule has 2 rings (SSSR count). The lowest BCUT2D eigenvalue weighted by Gasteiger charge is -2.35. The van der Waals surface area contributed by atoms with Crippen molar-refractivity contribution in [2.24, 2.45) is 0 Å². The molecule has 1 aliphatic rings. The number of rotatable bonds is 7. The van der Waals surface area contributed by atoms with E-state index < -0.39 is 36.2 Å². The van der Waals surface area contributed by atoms with Crippen LogP contribution in [-0.4, -0.2) is 50.9 Å². The van der Waals surface area contributed by atoms with Crippen LogP contribution in [0, 0.1) is 0 Å². The molecule has 1 heterocycles. The van der Waals surface area contributed by atoms with Gasteiger partial charge >= 0.3 is 17.9 Å². The Bertz CT molecular complexity index is 849. The maximum atomic E-state index is 11.7. The van der Waals surface area contributed by atoms with Gasteiger partial charge in [0.2, 0.25) is 0 Å². The number of carbonyl (C=O) groups is 3. The summed E-state index contributed by atoms with van der Waals surface area (Å²) in [6, 6.07) is 3.46. The fourth-order valence-corrected chi connectivity index (χ4v) is 3.49. The quantitative estimate of drug-likeness (QED) is 0.424. The number of halogens is 1. The van der Waals surface area contributed by atoms with Crippen LogP contribution in [0.3, 0.4) is 0 Å². The number of benzene rings is 1. The van der Waals surface area contributed by atoms with Gasteiger partial charge in [0.15, 0.2) is 6.10 Å². The van der Waals surface area contributed by atoms with Crippen molar-refractivity contribution in [3.63, 3.8) is 0 Å². The van der Waals surface area contributed by atoms with Gasteiger partial charge in [-0.2, -0.15) is 0 Å². The van der Waals surface area contributed by atoms with Gasteiger partial charge in [-0.1, -0.05) is 0 Å². The van der Waals surface area contributed by atoms with E-state index in [2.05, 4.69) is 15.9 Å². The van der Waals surface area contributed by atoms with Crippen LogP contribution >= 0.6 is 15.9 Å². The van der Waals surface area contributed by atoms with Crippen LogP contribution in [0.1, 0.15) is 32.4 Å². The van der Waals surface area contributed by atoms with Crippen molar-refractivity contribution >= 4 is 33.8 Å². The molecule has 0 N–H and O–H groups in total. The van der Waals surface area contributed by atoms with Crippen LogP contribution in [-0.2, 0) is 33.3 Å². The summed E-state index contributed by atoms with van der Waals surface area (Å²) in [6.07, 6.45) is -1.37. The molecule has 3 atom stereocenters. The molecule has 0 spiro atoms. The summed E-state index contributed by atoms with van der Waals surface area (Å²) in [5, 5.41) is 0. The standard InChI is InChI=1S/C20H23BrO9/c1-10(22)27-9-17-20(29-12(3)24)16(28-11(2)23)8-15(30-17)18-14(25-4)7-6-13(21)19(18)26-5/h6-8,15,17,20H,9H2,1-5H3/t15-,17+,20+/m0/s1. The number of hydrogen-bond donors (Lipinski definition) is 0. The fraction of sp³-hybridized carbons (Fsp3) is 0.450. The lowest BCUT2D eigenvalue weighted by molar-refractivity contribution is -0.173. The third-order valence-electron chi connectivity index (χ3n) is 4.08. The van der Waals surface area contributed by atoms with Crippen molar-refractivity contribution in [1.82, 2.24) is 0 Å². The minimum absolute atomic E-state index is 0.0511. The van der Waals surface area contributed by atoms with Crippen LogP contribution in [0.25, 0.3) is 0 Å². The molecule has 30 heavy (non-hydrogen) atoms. The van der Waals surface area contributed by atoms with Gasteiger partial charge in [-0.15, -0.1) is 0 Å². The van der Waals surface area contributed by atoms with E-state index in [1.807, 2.05) is 0 Å². The summed E-state index contributed by atoms with van der Waals surface area (Å²) >= 11 is 3.42. The van der Waals surface area contributed by atoms with Crippen LogP contribution in [0.15, 0.2) is 28.4 Å². The molecule has 1 aromatic carbocycles. The molecule has 0 bridgehead atoms. The minimum atomic E-state index is -1.09. The summed E-state index contributed by atoms with van der Waals surface area (Å²) in [5.74, 6) is -0.831. The summed E-state index contributed by atoms with van der Waals surface area (Å²) in [5.41, 5.74) is 0.508. The highest BCUT2D eigenvalue weighted by molar-refractivity contribution is 9.10. The monoisotopic (exact) mass is 486 g/mol. The number of esters is 3. The molecule has 0 fully saturated rings. The molecule has 0 unspecified atom stereocenters. The van der Waals surface area contributed by atoms with Crippen LogP contribution in [0.5, 0.6) is 11.5 Å². The van der Waals surface area contributed by atoms with Crippen LogP contribution in [0.4, 0.5) is 0 Å². The minimum Gasteiger partial charge on any atom is -0.496 e. The SMILES string of the molecule is COc1ccc(Br)c(OC)c1[C@@H]1C=C(OC(C)=O)[C@@H](OC(C)=O)[C@@H](COC(C)=O)O1. The zero-order valence-electron chi connectivity index (χ0n) is 17.2. The number of methoxy groups -OCH3 is 2. The van der Waals surface area contributed by atoms with Crippen molar-refractivity contribution in [2.45, 2.75) is 39.1 Å². The van der Waals surface area contributed by atoms with Crippen molar-refractivity contribution in [3.05, 3.63) is 34.0 Å². The first-order chi connectivity index (χ1) is 14.2. The molecule has 0 saturated heterocycles. The van der Waals surface area contributed by atoms with Gasteiger partial charge in [0.1, 0.15) is 36.1 Å². The Hall–Kier alpha value is -2.59. The van der Waals surface area contributed by atoms with Gasteiger partial charge in [0.25, 0.3) is 0 Å². The molecule has 0 saturated carbocycles. The maximum Gasteiger partial charge on any atom is 0.307 e. The van der Waals surface area contributed by atoms with Gasteiger partial charge in [-0.05, 0) is 34.1 Å². The largest absolute Gasteiger partial charge is 0.496 e. The molecule has 10 heteroatoms. The van der Waals surface area contributed by atoms with Gasteiger partial charge in [-0.3, -0.25) is 14.4 Å². The van der Waals surface area contributed by atoms with E-state index in [1.165, 1.54) is 41.1 Å². The smallest absolute Gasteiger partial charge is 0.307 e. The molecule has 164 valence electrons. The Morgan fingerprint density at radius 3 is 2.27 bits per heavy atom. The Morgan fingerprint density at radius 2 is 1.73 bits per heavy atom. The van der Waals surface area contributed by atoms with E-state index in [0.717, 1.165) is 0 Å². The second-order valence-electron chi connectivity index (χ2n) is 6.29. The molecule has 0 aliphatic carbocycles. The van der Waals surface area contributed by atoms with Crippen molar-refractivity contribution in [1.29, 1.82) is 0 Å².